The Balaban J connectivity index is 2.67. The van der Waals surface area contributed by atoms with Gasteiger partial charge in [-0.25, -0.2) is 9.78 Å². The van der Waals surface area contributed by atoms with Crippen molar-refractivity contribution in [1.29, 1.82) is 0 Å². The smallest absolute Gasteiger partial charge is 0.326 e. The quantitative estimate of drug-likeness (QED) is 0.639. The fraction of sp³-hybridized carbons (Fsp3) is 0.600. The van der Waals surface area contributed by atoms with Gasteiger partial charge in [0.1, 0.15) is 11.7 Å². The molecule has 0 saturated carbocycles. The second-order valence-corrected chi connectivity index (χ2v) is 6.22. The van der Waals surface area contributed by atoms with Gasteiger partial charge in [0, 0.05) is 11.8 Å². The van der Waals surface area contributed by atoms with Gasteiger partial charge in [-0.3, -0.25) is 9.59 Å². The largest absolute Gasteiger partial charge is 0.480 e. The van der Waals surface area contributed by atoms with Crippen LogP contribution in [-0.4, -0.2) is 33.9 Å². The fourth-order valence-corrected chi connectivity index (χ4v) is 2.56. The number of hydrogen-bond acceptors (Lipinski definition) is 5. The van der Waals surface area contributed by atoms with Crippen molar-refractivity contribution >= 4 is 34.3 Å². The Morgan fingerprint density at radius 3 is 2.61 bits per heavy atom. The Labute approximate surface area is 139 Å². The molecule has 0 spiro atoms. The number of carboxylic acids is 1. The maximum absolute atomic E-state index is 12.1. The van der Waals surface area contributed by atoms with E-state index in [1.807, 2.05) is 13.8 Å². The van der Waals surface area contributed by atoms with Crippen LogP contribution in [0.3, 0.4) is 0 Å². The van der Waals surface area contributed by atoms with Crippen LogP contribution in [0.2, 0.25) is 0 Å². The molecule has 0 bridgehead atoms. The minimum absolute atomic E-state index is 0.107. The highest BCUT2D eigenvalue weighted by Gasteiger charge is 2.26. The van der Waals surface area contributed by atoms with Crippen molar-refractivity contribution in [2.24, 2.45) is 5.92 Å². The lowest BCUT2D eigenvalue weighted by Gasteiger charge is -2.19. The van der Waals surface area contributed by atoms with Gasteiger partial charge in [0.05, 0.1) is 0 Å². The molecule has 2 atom stereocenters. The molecule has 3 N–H and O–H groups in total. The molecule has 0 aliphatic rings. The molecule has 0 aliphatic heterocycles. The lowest BCUT2D eigenvalue weighted by Crippen LogP contribution is -2.45. The summed E-state index contributed by atoms with van der Waals surface area (Å²) in [6, 6.07) is -0.961. The highest BCUT2D eigenvalue weighted by molar-refractivity contribution is 7.14. The Bertz CT molecular complexity index is 559. The van der Waals surface area contributed by atoms with Crippen LogP contribution in [0.5, 0.6) is 0 Å². The van der Waals surface area contributed by atoms with Crippen molar-refractivity contribution < 1.29 is 19.5 Å². The lowest BCUT2D eigenvalue weighted by atomic mass is 9.99. The van der Waals surface area contributed by atoms with Gasteiger partial charge in [0.15, 0.2) is 5.13 Å². The van der Waals surface area contributed by atoms with Crippen LogP contribution >= 0.6 is 11.3 Å². The highest BCUT2D eigenvalue weighted by Crippen LogP contribution is 2.17. The van der Waals surface area contributed by atoms with Crippen molar-refractivity contribution in [2.75, 3.05) is 5.32 Å². The summed E-state index contributed by atoms with van der Waals surface area (Å²) in [5.74, 6) is -1.96. The second kappa shape index (κ2) is 9.24. The van der Waals surface area contributed by atoms with E-state index < -0.39 is 17.9 Å². The predicted octanol–water partition coefficient (Wildman–Crippen LogP) is 2.50. The third-order valence-electron chi connectivity index (χ3n) is 3.51. The first-order chi connectivity index (χ1) is 10.9. The average molecular weight is 341 g/mol. The number of rotatable bonds is 9. The summed E-state index contributed by atoms with van der Waals surface area (Å²) in [4.78, 5) is 39.0. The third-order valence-corrected chi connectivity index (χ3v) is 4.26. The number of anilines is 1. The summed E-state index contributed by atoms with van der Waals surface area (Å²) in [5, 5.41) is 16.1. The van der Waals surface area contributed by atoms with Crippen LogP contribution in [-0.2, 0) is 9.59 Å². The van der Waals surface area contributed by atoms with Crippen LogP contribution in [0.15, 0.2) is 5.38 Å². The molecule has 128 valence electrons. The number of hydrogen-bond donors (Lipinski definition) is 3. The Kier molecular flexibility index (Phi) is 7.67. The van der Waals surface area contributed by atoms with Crippen molar-refractivity contribution in [3.63, 3.8) is 0 Å². The third kappa shape index (κ3) is 5.97. The minimum atomic E-state index is -1.07. The lowest BCUT2D eigenvalue weighted by molar-refractivity contribution is -0.140. The average Bonchev–Trinajstić information content (AvgIpc) is 2.97. The van der Waals surface area contributed by atoms with E-state index in [0.717, 1.165) is 24.2 Å². The summed E-state index contributed by atoms with van der Waals surface area (Å²) >= 11 is 1.14. The van der Waals surface area contributed by atoms with E-state index in [1.165, 1.54) is 5.38 Å². The second-order valence-electron chi connectivity index (χ2n) is 5.36. The predicted molar refractivity (Wildman–Crippen MR) is 88.6 cm³/mol. The van der Waals surface area contributed by atoms with Gasteiger partial charge in [0.2, 0.25) is 5.91 Å². The van der Waals surface area contributed by atoms with E-state index in [-0.39, 0.29) is 17.5 Å². The summed E-state index contributed by atoms with van der Waals surface area (Å²) in [7, 11) is 0. The SMILES string of the molecule is CCCCC(=O)Nc1nc(C(=O)NC(C(=O)O)C(C)CC)cs1. The molecule has 1 aromatic heterocycles. The van der Waals surface area contributed by atoms with Gasteiger partial charge in [0.25, 0.3) is 5.91 Å². The van der Waals surface area contributed by atoms with Crippen LogP contribution in [0, 0.1) is 5.92 Å². The first-order valence-corrected chi connectivity index (χ1v) is 8.56. The minimum Gasteiger partial charge on any atom is -0.480 e. The van der Waals surface area contributed by atoms with Gasteiger partial charge in [-0.15, -0.1) is 11.3 Å². The number of thiazole rings is 1. The normalized spacial score (nSPS) is 13.2. The number of unbranched alkanes of at least 4 members (excludes halogenated alkanes) is 1. The van der Waals surface area contributed by atoms with E-state index in [2.05, 4.69) is 15.6 Å². The van der Waals surface area contributed by atoms with Crippen molar-refractivity contribution in [3.05, 3.63) is 11.1 Å². The molecule has 7 nitrogen and oxygen atoms in total. The maximum Gasteiger partial charge on any atom is 0.326 e. The number of aromatic nitrogens is 1. The van der Waals surface area contributed by atoms with Crippen LogP contribution in [0.1, 0.15) is 56.9 Å². The Morgan fingerprint density at radius 2 is 2.04 bits per heavy atom. The first kappa shape index (κ1) is 19.1. The number of carbonyl (C=O) groups excluding carboxylic acids is 2. The Morgan fingerprint density at radius 1 is 1.35 bits per heavy atom. The fourth-order valence-electron chi connectivity index (χ4n) is 1.85. The number of carbonyl (C=O) groups is 3. The molecule has 1 rings (SSSR count). The van der Waals surface area contributed by atoms with Crippen LogP contribution in [0.4, 0.5) is 5.13 Å². The molecule has 0 saturated heterocycles. The topological polar surface area (TPSA) is 108 Å². The number of nitrogens with zero attached hydrogens (tertiary/aromatic N) is 1. The summed E-state index contributed by atoms with van der Waals surface area (Å²) in [6.07, 6.45) is 2.75. The van der Waals surface area contributed by atoms with Gasteiger partial charge in [-0.1, -0.05) is 33.6 Å². The molecule has 8 heteroatoms. The van der Waals surface area contributed by atoms with E-state index >= 15 is 0 Å². The molecule has 2 amide bonds. The number of aliphatic carboxylic acids is 1. The van der Waals surface area contributed by atoms with E-state index in [1.54, 1.807) is 6.92 Å². The summed E-state index contributed by atoms with van der Waals surface area (Å²) < 4.78 is 0. The molecule has 1 heterocycles. The molecule has 0 radical (unpaired) electrons. The monoisotopic (exact) mass is 341 g/mol. The highest BCUT2D eigenvalue weighted by atomic mass is 32.1. The van der Waals surface area contributed by atoms with E-state index in [4.69, 9.17) is 0 Å². The van der Waals surface area contributed by atoms with Crippen molar-refractivity contribution in [2.45, 2.75) is 52.5 Å². The molecule has 0 aliphatic carbocycles. The summed E-state index contributed by atoms with van der Waals surface area (Å²) in [5.41, 5.74) is 0.107. The molecule has 23 heavy (non-hydrogen) atoms. The summed E-state index contributed by atoms with van der Waals surface area (Å²) in [6.45, 7) is 5.62. The maximum atomic E-state index is 12.1. The van der Waals surface area contributed by atoms with Gasteiger partial charge in [-0.05, 0) is 12.3 Å². The van der Waals surface area contributed by atoms with E-state index in [0.29, 0.717) is 18.0 Å². The zero-order valence-corrected chi connectivity index (χ0v) is 14.4. The molecule has 1 aromatic rings. The molecular formula is C15H23N3O4S. The number of carboxylic acid groups (broad SMARTS) is 1. The van der Waals surface area contributed by atoms with Crippen molar-refractivity contribution in [1.82, 2.24) is 10.3 Å². The van der Waals surface area contributed by atoms with Gasteiger partial charge >= 0.3 is 5.97 Å². The molecule has 0 fully saturated rings. The molecule has 0 aromatic carbocycles. The standard InChI is InChI=1S/C15H23N3O4S/c1-4-6-7-11(19)17-15-16-10(8-23-15)13(20)18-12(14(21)22)9(3)5-2/h8-9,12H,4-7H2,1-3H3,(H,18,20)(H,21,22)(H,16,17,19). The van der Waals surface area contributed by atoms with Crippen LogP contribution in [0.25, 0.3) is 0 Å². The zero-order valence-electron chi connectivity index (χ0n) is 13.6. The van der Waals surface area contributed by atoms with Gasteiger partial charge in [-0.2, -0.15) is 0 Å². The molecular weight excluding hydrogens is 318 g/mol. The van der Waals surface area contributed by atoms with Crippen molar-refractivity contribution in [3.8, 4) is 0 Å². The Hall–Kier alpha value is -1.96. The number of nitrogens with one attached hydrogen (secondary N) is 2. The van der Waals surface area contributed by atoms with Gasteiger partial charge < -0.3 is 15.7 Å². The molecule has 2 unspecified atom stereocenters. The van der Waals surface area contributed by atoms with E-state index in [9.17, 15) is 19.5 Å². The first-order valence-electron chi connectivity index (χ1n) is 7.68. The van der Waals surface area contributed by atoms with Crippen LogP contribution < -0.4 is 10.6 Å². The number of amides is 2. The zero-order chi connectivity index (χ0) is 17.4.